The van der Waals surface area contributed by atoms with Crippen molar-refractivity contribution in [2.75, 3.05) is 0 Å². The van der Waals surface area contributed by atoms with E-state index in [0.29, 0.717) is 0 Å². The second-order valence-electron chi connectivity index (χ2n) is 3.43. The molecule has 4 nitrogen and oxygen atoms in total. The Kier molecular flexibility index (Phi) is 2.76. The molecule has 64 valence electrons. The third-order valence-electron chi connectivity index (χ3n) is 1.29. The molecule has 0 rings (SSSR count). The maximum atomic E-state index is 11.1. The molecule has 0 aromatic carbocycles. The average molecular weight is 159 g/mol. The number of hydrogen-bond donors (Lipinski definition) is 2. The van der Waals surface area contributed by atoms with Crippen LogP contribution in [0.2, 0.25) is 0 Å². The van der Waals surface area contributed by atoms with Crippen molar-refractivity contribution in [2.24, 2.45) is 11.1 Å². The summed E-state index contributed by atoms with van der Waals surface area (Å²) >= 11 is 0. The van der Waals surface area contributed by atoms with Crippen molar-refractivity contribution in [3.8, 4) is 0 Å². The van der Waals surface area contributed by atoms with Gasteiger partial charge in [-0.3, -0.25) is 9.59 Å². The topological polar surface area (TPSA) is 80.4 Å². The number of hydrogen-bond acceptors (Lipinski definition) is 3. The second-order valence-corrected chi connectivity index (χ2v) is 3.43. The van der Waals surface area contributed by atoms with Crippen LogP contribution in [0.3, 0.4) is 0 Å². The van der Waals surface area contributed by atoms with Gasteiger partial charge in [-0.1, -0.05) is 20.8 Å². The van der Waals surface area contributed by atoms with E-state index in [1.807, 2.05) is 0 Å². The van der Waals surface area contributed by atoms with Crippen LogP contribution in [0.25, 0.3) is 0 Å². The SMILES string of the molecule is CC(C)(C)C(=O)[C@H](N)C(=O)O. The summed E-state index contributed by atoms with van der Waals surface area (Å²) in [5.41, 5.74) is 4.41. The lowest BCUT2D eigenvalue weighted by molar-refractivity contribution is -0.144. The first-order valence-electron chi connectivity index (χ1n) is 3.29. The van der Waals surface area contributed by atoms with Crippen molar-refractivity contribution in [3.05, 3.63) is 0 Å². The molecule has 0 aliphatic rings. The third kappa shape index (κ3) is 2.67. The molecule has 0 saturated heterocycles. The maximum absolute atomic E-state index is 11.1. The highest BCUT2D eigenvalue weighted by atomic mass is 16.4. The van der Waals surface area contributed by atoms with Crippen molar-refractivity contribution in [2.45, 2.75) is 26.8 Å². The average Bonchev–Trinajstić information content (AvgIpc) is 1.82. The van der Waals surface area contributed by atoms with Crippen LogP contribution in [0.5, 0.6) is 0 Å². The molecule has 0 aliphatic heterocycles. The van der Waals surface area contributed by atoms with Gasteiger partial charge in [0.1, 0.15) is 0 Å². The number of carbonyl (C=O) groups is 2. The fourth-order valence-corrected chi connectivity index (χ4v) is 0.579. The molecule has 0 unspecified atom stereocenters. The molecule has 0 heterocycles. The number of carboxylic acids is 1. The Labute approximate surface area is 65.4 Å². The Bertz CT molecular complexity index is 181. The minimum Gasteiger partial charge on any atom is -0.480 e. The van der Waals surface area contributed by atoms with E-state index in [9.17, 15) is 9.59 Å². The van der Waals surface area contributed by atoms with Crippen molar-refractivity contribution in [3.63, 3.8) is 0 Å². The van der Waals surface area contributed by atoms with Crippen LogP contribution in [-0.4, -0.2) is 22.9 Å². The molecule has 0 radical (unpaired) electrons. The van der Waals surface area contributed by atoms with Gasteiger partial charge < -0.3 is 10.8 Å². The van der Waals surface area contributed by atoms with Gasteiger partial charge in [-0.25, -0.2) is 0 Å². The van der Waals surface area contributed by atoms with Gasteiger partial charge in [0.2, 0.25) is 0 Å². The van der Waals surface area contributed by atoms with Crippen molar-refractivity contribution in [1.82, 2.24) is 0 Å². The van der Waals surface area contributed by atoms with E-state index in [4.69, 9.17) is 10.8 Å². The van der Waals surface area contributed by atoms with Gasteiger partial charge >= 0.3 is 5.97 Å². The van der Waals surface area contributed by atoms with Crippen LogP contribution < -0.4 is 5.73 Å². The number of carbonyl (C=O) groups excluding carboxylic acids is 1. The summed E-state index contributed by atoms with van der Waals surface area (Å²) in [6.07, 6.45) is 0. The summed E-state index contributed by atoms with van der Waals surface area (Å²) in [5.74, 6) is -1.73. The summed E-state index contributed by atoms with van der Waals surface area (Å²) in [7, 11) is 0. The maximum Gasteiger partial charge on any atom is 0.328 e. The predicted molar refractivity (Wildman–Crippen MR) is 40.1 cm³/mol. The first-order chi connectivity index (χ1) is 4.76. The minimum absolute atomic E-state index is 0.454. The highest BCUT2D eigenvalue weighted by Gasteiger charge is 2.31. The molecular weight excluding hydrogens is 146 g/mol. The molecule has 3 N–H and O–H groups in total. The van der Waals surface area contributed by atoms with E-state index >= 15 is 0 Å². The quantitative estimate of drug-likeness (QED) is 0.556. The molecule has 0 aliphatic carbocycles. The molecule has 0 spiro atoms. The molecule has 0 saturated carbocycles. The van der Waals surface area contributed by atoms with Gasteiger partial charge in [-0.2, -0.15) is 0 Å². The van der Waals surface area contributed by atoms with E-state index in [2.05, 4.69) is 0 Å². The fraction of sp³-hybridized carbons (Fsp3) is 0.714. The molecule has 11 heavy (non-hydrogen) atoms. The van der Waals surface area contributed by atoms with Gasteiger partial charge in [-0.15, -0.1) is 0 Å². The molecule has 0 aromatic heterocycles. The van der Waals surface area contributed by atoms with E-state index in [1.165, 1.54) is 0 Å². The third-order valence-corrected chi connectivity index (χ3v) is 1.29. The molecule has 0 amide bonds. The zero-order valence-electron chi connectivity index (χ0n) is 6.92. The second kappa shape index (κ2) is 3.00. The van der Waals surface area contributed by atoms with Crippen LogP contribution in [0.4, 0.5) is 0 Å². The largest absolute Gasteiger partial charge is 0.480 e. The van der Waals surface area contributed by atoms with E-state index < -0.39 is 23.2 Å². The van der Waals surface area contributed by atoms with E-state index in [1.54, 1.807) is 20.8 Å². The Balaban J connectivity index is 4.39. The Morgan fingerprint density at radius 2 is 1.73 bits per heavy atom. The minimum atomic E-state index is -1.39. The first-order valence-corrected chi connectivity index (χ1v) is 3.29. The molecule has 0 aromatic rings. The highest BCUT2D eigenvalue weighted by molar-refractivity contribution is 6.04. The molecule has 1 atom stereocenters. The summed E-state index contributed by atoms with van der Waals surface area (Å²) in [4.78, 5) is 21.3. The van der Waals surface area contributed by atoms with Gasteiger partial charge in [0.25, 0.3) is 0 Å². The summed E-state index contributed by atoms with van der Waals surface area (Å²) in [6, 6.07) is -1.39. The lowest BCUT2D eigenvalue weighted by atomic mass is 9.87. The molecule has 0 bridgehead atoms. The monoisotopic (exact) mass is 159 g/mol. The molecule has 0 fully saturated rings. The number of Topliss-reactive ketones (excluding diaryl/α,β-unsaturated/α-hetero) is 1. The predicted octanol–water partition coefficient (Wildman–Crippen LogP) is 0.0135. The Morgan fingerprint density at radius 3 is 1.82 bits per heavy atom. The van der Waals surface area contributed by atoms with Gasteiger partial charge in [-0.05, 0) is 0 Å². The number of carboxylic acid groups (broad SMARTS) is 1. The number of ketones is 1. The number of aliphatic carboxylic acids is 1. The standard InChI is InChI=1S/C7H13NO3/c1-7(2,3)5(9)4(8)6(10)11/h4H,8H2,1-3H3,(H,10,11)/t4-/m0/s1. The lowest BCUT2D eigenvalue weighted by Crippen LogP contribution is -2.44. The van der Waals surface area contributed by atoms with E-state index in [-0.39, 0.29) is 0 Å². The Morgan fingerprint density at radius 1 is 1.36 bits per heavy atom. The van der Waals surface area contributed by atoms with Gasteiger partial charge in [0, 0.05) is 5.41 Å². The van der Waals surface area contributed by atoms with Crippen LogP contribution >= 0.6 is 0 Å². The van der Waals surface area contributed by atoms with Crippen LogP contribution in [0.1, 0.15) is 20.8 Å². The summed E-state index contributed by atoms with van der Waals surface area (Å²) in [6.45, 7) is 4.91. The number of rotatable bonds is 2. The first kappa shape index (κ1) is 10.1. The highest BCUT2D eigenvalue weighted by Crippen LogP contribution is 2.15. The Hall–Kier alpha value is -0.900. The van der Waals surface area contributed by atoms with Crippen molar-refractivity contribution >= 4 is 11.8 Å². The van der Waals surface area contributed by atoms with Crippen molar-refractivity contribution in [1.29, 1.82) is 0 Å². The van der Waals surface area contributed by atoms with Gasteiger partial charge in [0.05, 0.1) is 0 Å². The van der Waals surface area contributed by atoms with E-state index in [0.717, 1.165) is 0 Å². The summed E-state index contributed by atoms with van der Waals surface area (Å²) < 4.78 is 0. The van der Waals surface area contributed by atoms with Gasteiger partial charge in [0.15, 0.2) is 11.8 Å². The van der Waals surface area contributed by atoms with Crippen LogP contribution in [-0.2, 0) is 9.59 Å². The van der Waals surface area contributed by atoms with Crippen molar-refractivity contribution < 1.29 is 14.7 Å². The summed E-state index contributed by atoms with van der Waals surface area (Å²) in [5, 5.41) is 8.37. The molecule has 4 heteroatoms. The fourth-order valence-electron chi connectivity index (χ4n) is 0.579. The zero-order valence-corrected chi connectivity index (χ0v) is 6.92. The zero-order chi connectivity index (χ0) is 9.23. The normalized spacial score (nSPS) is 14.2. The smallest absolute Gasteiger partial charge is 0.328 e. The molecular formula is C7H13NO3. The van der Waals surface area contributed by atoms with Crippen LogP contribution in [0, 0.1) is 5.41 Å². The lowest BCUT2D eigenvalue weighted by Gasteiger charge is -2.18. The number of nitrogens with two attached hydrogens (primary N) is 1. The van der Waals surface area contributed by atoms with Crippen LogP contribution in [0.15, 0.2) is 0 Å².